The van der Waals surface area contributed by atoms with Gasteiger partial charge in [0.1, 0.15) is 11.5 Å². The molecule has 9 heteroatoms. The molecule has 33 heavy (non-hydrogen) atoms. The van der Waals surface area contributed by atoms with E-state index in [2.05, 4.69) is 10.1 Å². The molecule has 0 spiro atoms. The van der Waals surface area contributed by atoms with Gasteiger partial charge in [-0.25, -0.2) is 0 Å². The van der Waals surface area contributed by atoms with Crippen LogP contribution in [-0.2, 0) is 9.53 Å². The molecule has 1 aliphatic carbocycles. The molecule has 1 amide bonds. The monoisotopic (exact) mass is 463 g/mol. The highest BCUT2D eigenvalue weighted by atomic mass is 19.4. The molecule has 2 aromatic carbocycles. The first kappa shape index (κ1) is 24.2. The number of carbonyl (C=O) groups excluding carboxylic acids is 2. The summed E-state index contributed by atoms with van der Waals surface area (Å²) in [7, 11) is 1.54. The summed E-state index contributed by atoms with van der Waals surface area (Å²) in [4.78, 5) is 25.3. The van der Waals surface area contributed by atoms with E-state index in [1.54, 1.807) is 38.3 Å². The van der Waals surface area contributed by atoms with Gasteiger partial charge in [0.05, 0.1) is 19.6 Å². The van der Waals surface area contributed by atoms with E-state index in [4.69, 9.17) is 9.47 Å². The van der Waals surface area contributed by atoms with E-state index in [-0.39, 0.29) is 30.1 Å². The van der Waals surface area contributed by atoms with Gasteiger partial charge < -0.3 is 19.5 Å². The molecular weight excluding hydrogens is 439 g/mol. The van der Waals surface area contributed by atoms with Crippen LogP contribution in [0.2, 0.25) is 0 Å². The van der Waals surface area contributed by atoms with E-state index in [1.165, 1.54) is 12.1 Å². The molecule has 0 heterocycles. The lowest BCUT2D eigenvalue weighted by Gasteiger charge is -2.23. The molecule has 2 aromatic rings. The maximum Gasteiger partial charge on any atom is 0.573 e. The Labute approximate surface area is 189 Å². The van der Waals surface area contributed by atoms with Gasteiger partial charge in [-0.3, -0.25) is 9.59 Å². The standard InChI is InChI=1S/C24H24F3NO5/c1-3-32-23(30)21(16-5-4-6-20(14-16)31-2)17-7-10-18(13-17)28-22(29)15-8-11-19(12-9-15)33-24(25,26)27/h4-12,14,17-18,21H,3,13H2,1-2H3,(H,28,29)/t17-,18-,21+/m0/s1. The number of hydrogen-bond donors (Lipinski definition) is 1. The predicted molar refractivity (Wildman–Crippen MR) is 114 cm³/mol. The molecule has 0 aliphatic heterocycles. The summed E-state index contributed by atoms with van der Waals surface area (Å²) in [6.07, 6.45) is -0.671. The summed E-state index contributed by atoms with van der Waals surface area (Å²) >= 11 is 0. The van der Waals surface area contributed by atoms with Crippen molar-refractivity contribution in [2.75, 3.05) is 13.7 Å². The third-order valence-corrected chi connectivity index (χ3v) is 5.20. The number of esters is 1. The molecule has 0 saturated carbocycles. The largest absolute Gasteiger partial charge is 0.573 e. The highest BCUT2D eigenvalue weighted by Crippen LogP contribution is 2.36. The second kappa shape index (κ2) is 10.4. The van der Waals surface area contributed by atoms with Gasteiger partial charge in [0, 0.05) is 11.6 Å². The number of benzene rings is 2. The Balaban J connectivity index is 1.67. The molecule has 0 unspecified atom stereocenters. The van der Waals surface area contributed by atoms with Gasteiger partial charge in [-0.05, 0) is 61.2 Å². The topological polar surface area (TPSA) is 73.9 Å². The van der Waals surface area contributed by atoms with Gasteiger partial charge in [0.25, 0.3) is 5.91 Å². The predicted octanol–water partition coefficient (Wildman–Crippen LogP) is 4.62. The maximum absolute atomic E-state index is 12.7. The van der Waals surface area contributed by atoms with Crippen molar-refractivity contribution in [1.29, 1.82) is 0 Å². The summed E-state index contributed by atoms with van der Waals surface area (Å²) in [5.74, 6) is -1.39. The first-order valence-corrected chi connectivity index (χ1v) is 10.4. The van der Waals surface area contributed by atoms with Gasteiger partial charge in [0.2, 0.25) is 0 Å². The lowest BCUT2D eigenvalue weighted by Crippen LogP contribution is -2.33. The zero-order valence-electron chi connectivity index (χ0n) is 18.1. The number of halogens is 3. The smallest absolute Gasteiger partial charge is 0.497 e. The molecule has 0 aromatic heterocycles. The van der Waals surface area contributed by atoms with E-state index in [1.807, 2.05) is 12.1 Å². The summed E-state index contributed by atoms with van der Waals surface area (Å²) < 4.78 is 51.2. The quantitative estimate of drug-likeness (QED) is 0.457. The van der Waals surface area contributed by atoms with Crippen LogP contribution in [-0.4, -0.2) is 38.0 Å². The minimum atomic E-state index is -4.80. The number of nitrogens with one attached hydrogen (secondary N) is 1. The molecule has 0 fully saturated rings. The normalized spacial score (nSPS) is 18.5. The Kier molecular flexibility index (Phi) is 7.63. The fourth-order valence-corrected chi connectivity index (χ4v) is 3.77. The number of methoxy groups -OCH3 is 1. The Morgan fingerprint density at radius 1 is 1.09 bits per heavy atom. The minimum Gasteiger partial charge on any atom is -0.497 e. The van der Waals surface area contributed by atoms with Gasteiger partial charge in [-0.2, -0.15) is 0 Å². The fourth-order valence-electron chi connectivity index (χ4n) is 3.77. The SMILES string of the molecule is CCOC(=O)[C@H](c1cccc(OC)c1)[C@H]1C=C[C@H](NC(=O)c2ccc(OC(F)(F)F)cc2)C1. The minimum absolute atomic E-state index is 0.191. The lowest BCUT2D eigenvalue weighted by molar-refractivity contribution is -0.274. The van der Waals surface area contributed by atoms with Gasteiger partial charge >= 0.3 is 12.3 Å². The van der Waals surface area contributed by atoms with Crippen LogP contribution in [0.4, 0.5) is 13.2 Å². The van der Waals surface area contributed by atoms with Crippen molar-refractivity contribution >= 4 is 11.9 Å². The number of hydrogen-bond acceptors (Lipinski definition) is 5. The molecule has 0 radical (unpaired) electrons. The van der Waals surface area contributed by atoms with E-state index in [0.717, 1.165) is 17.7 Å². The number of carbonyl (C=O) groups is 2. The van der Waals surface area contributed by atoms with E-state index >= 15 is 0 Å². The first-order valence-electron chi connectivity index (χ1n) is 10.4. The Bertz CT molecular complexity index is 1000. The molecule has 1 N–H and O–H groups in total. The zero-order valence-corrected chi connectivity index (χ0v) is 18.1. The number of alkyl halides is 3. The van der Waals surface area contributed by atoms with Crippen molar-refractivity contribution in [2.45, 2.75) is 31.7 Å². The van der Waals surface area contributed by atoms with Gasteiger partial charge in [-0.1, -0.05) is 24.3 Å². The van der Waals surface area contributed by atoms with Crippen molar-refractivity contribution in [3.8, 4) is 11.5 Å². The van der Waals surface area contributed by atoms with Crippen LogP contribution in [0.3, 0.4) is 0 Å². The highest BCUT2D eigenvalue weighted by molar-refractivity contribution is 5.94. The summed E-state index contributed by atoms with van der Waals surface area (Å²) in [6.45, 7) is 1.98. The molecule has 0 saturated heterocycles. The third-order valence-electron chi connectivity index (χ3n) is 5.20. The zero-order chi connectivity index (χ0) is 24.0. The first-order chi connectivity index (χ1) is 15.7. The second-order valence-electron chi connectivity index (χ2n) is 7.44. The van der Waals surface area contributed by atoms with Crippen molar-refractivity contribution < 1.29 is 37.0 Å². The third kappa shape index (κ3) is 6.50. The summed E-state index contributed by atoms with van der Waals surface area (Å²) in [5, 5.41) is 2.83. The second-order valence-corrected chi connectivity index (χ2v) is 7.44. The fraction of sp³-hybridized carbons (Fsp3) is 0.333. The molecule has 176 valence electrons. The molecule has 3 rings (SSSR count). The van der Waals surface area contributed by atoms with Crippen LogP contribution in [0.1, 0.15) is 35.2 Å². The van der Waals surface area contributed by atoms with Crippen LogP contribution < -0.4 is 14.8 Å². The molecule has 6 nitrogen and oxygen atoms in total. The van der Waals surface area contributed by atoms with Gasteiger partial charge in [-0.15, -0.1) is 13.2 Å². The number of allylic oxidation sites excluding steroid dienone is 1. The lowest BCUT2D eigenvalue weighted by atomic mass is 9.85. The van der Waals surface area contributed by atoms with Crippen LogP contribution in [0.15, 0.2) is 60.7 Å². The van der Waals surface area contributed by atoms with Crippen molar-refractivity contribution in [3.63, 3.8) is 0 Å². The Morgan fingerprint density at radius 3 is 2.45 bits per heavy atom. The summed E-state index contributed by atoms with van der Waals surface area (Å²) in [5.41, 5.74) is 0.936. The van der Waals surface area contributed by atoms with Crippen molar-refractivity contribution in [3.05, 3.63) is 71.8 Å². The van der Waals surface area contributed by atoms with Crippen LogP contribution >= 0.6 is 0 Å². The van der Waals surface area contributed by atoms with Crippen molar-refractivity contribution in [1.82, 2.24) is 5.32 Å². The number of amides is 1. The highest BCUT2D eigenvalue weighted by Gasteiger charge is 2.35. The summed E-state index contributed by atoms with van der Waals surface area (Å²) in [6, 6.07) is 11.5. The average Bonchev–Trinajstić information content (AvgIpc) is 3.21. The van der Waals surface area contributed by atoms with Crippen LogP contribution in [0, 0.1) is 5.92 Å². The molecular formula is C24H24F3NO5. The molecule has 0 bridgehead atoms. The maximum atomic E-state index is 12.7. The Morgan fingerprint density at radius 2 is 1.82 bits per heavy atom. The Hall–Kier alpha value is -3.49. The van der Waals surface area contributed by atoms with E-state index in [0.29, 0.717) is 12.2 Å². The van der Waals surface area contributed by atoms with Crippen molar-refractivity contribution in [2.24, 2.45) is 5.92 Å². The number of rotatable bonds is 8. The average molecular weight is 463 g/mol. The van der Waals surface area contributed by atoms with E-state index in [9.17, 15) is 22.8 Å². The van der Waals surface area contributed by atoms with Gasteiger partial charge in [0.15, 0.2) is 0 Å². The molecule has 1 aliphatic rings. The van der Waals surface area contributed by atoms with Crippen LogP contribution in [0.25, 0.3) is 0 Å². The number of ether oxygens (including phenoxy) is 3. The van der Waals surface area contributed by atoms with E-state index < -0.39 is 23.9 Å². The molecule has 3 atom stereocenters. The van der Waals surface area contributed by atoms with Crippen LogP contribution in [0.5, 0.6) is 11.5 Å².